The zero-order valence-corrected chi connectivity index (χ0v) is 10.5. The van der Waals surface area contributed by atoms with E-state index in [1.165, 1.54) is 11.5 Å². The van der Waals surface area contributed by atoms with Crippen molar-refractivity contribution in [2.45, 2.75) is 19.1 Å². The Morgan fingerprint density at radius 2 is 2.38 bits per heavy atom. The fourth-order valence-electron chi connectivity index (χ4n) is 1.37. The van der Waals surface area contributed by atoms with Crippen LogP contribution < -0.4 is 5.32 Å². The Morgan fingerprint density at radius 3 is 3.00 bits per heavy atom. The highest BCUT2D eigenvalue weighted by Crippen LogP contribution is 2.22. The van der Waals surface area contributed by atoms with Gasteiger partial charge in [0.2, 0.25) is 0 Å². The molecule has 2 rings (SSSR count). The van der Waals surface area contributed by atoms with Crippen LogP contribution in [-0.4, -0.2) is 21.2 Å². The van der Waals surface area contributed by atoms with Crippen LogP contribution in [0.4, 0.5) is 0 Å². The molecule has 1 unspecified atom stereocenters. The Morgan fingerprint density at radius 1 is 1.50 bits per heavy atom. The van der Waals surface area contributed by atoms with Crippen LogP contribution in [-0.2, 0) is 12.1 Å². The Bertz CT molecular complexity index is 411. The van der Waals surface area contributed by atoms with Crippen molar-refractivity contribution in [3.63, 3.8) is 0 Å². The van der Waals surface area contributed by atoms with Crippen molar-refractivity contribution in [2.24, 2.45) is 0 Å². The van der Waals surface area contributed by atoms with Gasteiger partial charge in [0.05, 0.1) is 11.3 Å². The smallest absolute Gasteiger partial charge is 0.1000 e. The third-order valence-corrected chi connectivity index (χ3v) is 3.56. The van der Waals surface area contributed by atoms with Crippen LogP contribution in [0.2, 0.25) is 0 Å². The van der Waals surface area contributed by atoms with E-state index in [9.17, 15) is 5.11 Å². The van der Waals surface area contributed by atoms with Crippen LogP contribution in [0.25, 0.3) is 0 Å². The topological polar surface area (TPSA) is 58.0 Å². The van der Waals surface area contributed by atoms with Gasteiger partial charge >= 0.3 is 0 Å². The summed E-state index contributed by atoms with van der Waals surface area (Å²) in [7, 11) is 0. The van der Waals surface area contributed by atoms with Gasteiger partial charge in [0, 0.05) is 18.5 Å². The van der Waals surface area contributed by atoms with E-state index in [0.29, 0.717) is 13.1 Å². The second kappa shape index (κ2) is 5.01. The minimum atomic E-state index is -0.830. The van der Waals surface area contributed by atoms with E-state index in [4.69, 9.17) is 0 Å². The molecule has 1 atom stereocenters. The van der Waals surface area contributed by atoms with Crippen molar-refractivity contribution < 1.29 is 5.11 Å². The standard InChI is InChI=1S/C10H13N3OS2/c1-10(14,8-2-3-15-5-8)7-11-4-9-6-16-13-12-9/h2-3,5-6,11,14H,4,7H2,1H3. The van der Waals surface area contributed by atoms with Gasteiger partial charge in [-0.2, -0.15) is 11.3 Å². The van der Waals surface area contributed by atoms with Crippen LogP contribution in [0, 0.1) is 0 Å². The Kier molecular flexibility index (Phi) is 3.65. The van der Waals surface area contributed by atoms with Crippen LogP contribution in [0.5, 0.6) is 0 Å². The molecule has 0 aromatic carbocycles. The van der Waals surface area contributed by atoms with E-state index >= 15 is 0 Å². The van der Waals surface area contributed by atoms with Gasteiger partial charge in [0.1, 0.15) is 0 Å². The predicted molar refractivity (Wildman–Crippen MR) is 65.5 cm³/mol. The molecule has 2 heterocycles. The highest BCUT2D eigenvalue weighted by molar-refractivity contribution is 7.08. The van der Waals surface area contributed by atoms with Crippen LogP contribution in [0.1, 0.15) is 18.2 Å². The van der Waals surface area contributed by atoms with Gasteiger partial charge in [-0.1, -0.05) is 4.49 Å². The van der Waals surface area contributed by atoms with Crippen molar-refractivity contribution >= 4 is 22.9 Å². The molecule has 2 N–H and O–H groups in total. The quantitative estimate of drug-likeness (QED) is 0.852. The third kappa shape index (κ3) is 2.85. The monoisotopic (exact) mass is 255 g/mol. The van der Waals surface area contributed by atoms with Gasteiger partial charge in [0.15, 0.2) is 0 Å². The molecule has 0 aliphatic carbocycles. The van der Waals surface area contributed by atoms with Crippen molar-refractivity contribution in [3.05, 3.63) is 33.5 Å². The highest BCUT2D eigenvalue weighted by atomic mass is 32.1. The zero-order valence-electron chi connectivity index (χ0n) is 8.88. The molecule has 0 aliphatic heterocycles. The lowest BCUT2D eigenvalue weighted by Gasteiger charge is -2.22. The second-order valence-corrected chi connectivity index (χ2v) is 5.18. The number of aliphatic hydroxyl groups is 1. The van der Waals surface area contributed by atoms with Gasteiger partial charge in [-0.05, 0) is 40.8 Å². The normalized spacial score (nSPS) is 14.9. The Hall–Kier alpha value is -0.820. The summed E-state index contributed by atoms with van der Waals surface area (Å²) in [6, 6.07) is 1.94. The maximum Gasteiger partial charge on any atom is 0.1000 e. The van der Waals surface area contributed by atoms with E-state index in [1.807, 2.05) is 22.2 Å². The summed E-state index contributed by atoms with van der Waals surface area (Å²) in [4.78, 5) is 0. The average molecular weight is 255 g/mol. The molecule has 86 valence electrons. The molecule has 0 spiro atoms. The predicted octanol–water partition coefficient (Wildman–Crippen LogP) is 1.60. The Balaban J connectivity index is 1.85. The first-order valence-electron chi connectivity index (χ1n) is 4.90. The number of rotatable bonds is 5. The van der Waals surface area contributed by atoms with Gasteiger partial charge in [0.25, 0.3) is 0 Å². The van der Waals surface area contributed by atoms with Gasteiger partial charge < -0.3 is 10.4 Å². The van der Waals surface area contributed by atoms with Crippen LogP contribution in [0.3, 0.4) is 0 Å². The molecule has 6 heteroatoms. The van der Waals surface area contributed by atoms with Crippen molar-refractivity contribution in [2.75, 3.05) is 6.54 Å². The molecular weight excluding hydrogens is 242 g/mol. The molecule has 16 heavy (non-hydrogen) atoms. The minimum Gasteiger partial charge on any atom is -0.384 e. The maximum atomic E-state index is 10.2. The lowest BCUT2D eigenvalue weighted by atomic mass is 9.99. The summed E-state index contributed by atoms with van der Waals surface area (Å²) >= 11 is 2.92. The number of hydrogen-bond acceptors (Lipinski definition) is 6. The number of aromatic nitrogens is 2. The fraction of sp³-hybridized carbons (Fsp3) is 0.400. The number of nitrogens with zero attached hydrogens (tertiary/aromatic N) is 2. The van der Waals surface area contributed by atoms with Crippen LogP contribution in [0.15, 0.2) is 22.2 Å². The van der Waals surface area contributed by atoms with E-state index < -0.39 is 5.60 Å². The van der Waals surface area contributed by atoms with Crippen LogP contribution >= 0.6 is 22.9 Å². The van der Waals surface area contributed by atoms with E-state index in [1.54, 1.807) is 18.3 Å². The first-order valence-corrected chi connectivity index (χ1v) is 6.68. The summed E-state index contributed by atoms with van der Waals surface area (Å²) in [6.07, 6.45) is 0. The lowest BCUT2D eigenvalue weighted by molar-refractivity contribution is 0.0570. The summed E-state index contributed by atoms with van der Waals surface area (Å²) in [5, 5.41) is 23.1. The summed E-state index contributed by atoms with van der Waals surface area (Å²) in [5.41, 5.74) is 1.02. The largest absolute Gasteiger partial charge is 0.384 e. The number of thiophene rings is 1. The fourth-order valence-corrected chi connectivity index (χ4v) is 2.60. The summed E-state index contributed by atoms with van der Waals surface area (Å²) in [5.74, 6) is 0. The second-order valence-electron chi connectivity index (χ2n) is 3.79. The molecule has 0 saturated heterocycles. The minimum absolute atomic E-state index is 0.501. The van der Waals surface area contributed by atoms with Crippen molar-refractivity contribution in [1.82, 2.24) is 14.9 Å². The lowest BCUT2D eigenvalue weighted by Crippen LogP contribution is -2.34. The van der Waals surface area contributed by atoms with Crippen molar-refractivity contribution in [3.8, 4) is 0 Å². The number of hydrogen-bond donors (Lipinski definition) is 2. The molecule has 4 nitrogen and oxygen atoms in total. The highest BCUT2D eigenvalue weighted by Gasteiger charge is 2.22. The summed E-state index contributed by atoms with van der Waals surface area (Å²) < 4.78 is 3.78. The molecule has 0 aliphatic rings. The van der Waals surface area contributed by atoms with E-state index in [2.05, 4.69) is 14.9 Å². The summed E-state index contributed by atoms with van der Waals surface area (Å²) in [6.45, 7) is 2.94. The SMILES string of the molecule is CC(O)(CNCc1csnn1)c1ccsc1. The maximum absolute atomic E-state index is 10.2. The van der Waals surface area contributed by atoms with E-state index in [0.717, 1.165) is 11.3 Å². The Labute approximate surface area is 102 Å². The molecule has 2 aromatic heterocycles. The number of nitrogens with one attached hydrogen (secondary N) is 1. The van der Waals surface area contributed by atoms with Gasteiger partial charge in [-0.15, -0.1) is 5.10 Å². The molecule has 0 fully saturated rings. The third-order valence-electron chi connectivity index (χ3n) is 2.32. The average Bonchev–Trinajstić information content (AvgIpc) is 2.90. The van der Waals surface area contributed by atoms with Crippen molar-refractivity contribution in [1.29, 1.82) is 0 Å². The van der Waals surface area contributed by atoms with E-state index in [-0.39, 0.29) is 0 Å². The molecule has 0 radical (unpaired) electrons. The molecule has 2 aromatic rings. The first-order chi connectivity index (χ1) is 7.68. The van der Waals surface area contributed by atoms with Gasteiger partial charge in [-0.25, -0.2) is 0 Å². The molecule has 0 bridgehead atoms. The molecular formula is C10H13N3OS2. The zero-order chi connectivity index (χ0) is 11.4. The van der Waals surface area contributed by atoms with Gasteiger partial charge in [-0.3, -0.25) is 0 Å². The molecule has 0 amide bonds. The molecule has 0 saturated carbocycles. The first kappa shape index (κ1) is 11.7.